The lowest BCUT2D eigenvalue weighted by Gasteiger charge is -2.20. The molecule has 0 nitrogen and oxygen atoms in total. The van der Waals surface area contributed by atoms with Gasteiger partial charge in [-0.25, -0.2) is 0 Å². The maximum atomic E-state index is 2.29. The molecule has 2 aromatic rings. The molecular weight excluding hydrogens is 216 g/mol. The minimum absolute atomic E-state index is 0. The Kier molecular flexibility index (Phi) is 5.64. The van der Waals surface area contributed by atoms with Crippen LogP contribution in [-0.2, 0) is 0 Å². The standard InChI is InChI=1S/C17H20.CH4/c1-14(2)13-17(15-9-5-3-6-10-15)16-11-7-4-8-12-16;/h3-12,14,17H,13H2,1-2H3;1H4. The normalized spacial score (nSPS) is 10.4. The van der Waals surface area contributed by atoms with Gasteiger partial charge >= 0.3 is 0 Å². The number of rotatable bonds is 4. The molecule has 0 aliphatic rings. The fraction of sp³-hybridized carbons (Fsp3) is 0.333. The van der Waals surface area contributed by atoms with Crippen molar-refractivity contribution in [3.05, 3.63) is 71.8 Å². The minimum atomic E-state index is 0. The zero-order chi connectivity index (χ0) is 12.1. The molecule has 0 aliphatic heterocycles. The summed E-state index contributed by atoms with van der Waals surface area (Å²) in [6.07, 6.45) is 1.20. The maximum Gasteiger partial charge on any atom is 0.00917 e. The van der Waals surface area contributed by atoms with Crippen molar-refractivity contribution in [2.24, 2.45) is 5.92 Å². The van der Waals surface area contributed by atoms with Gasteiger partial charge in [-0.05, 0) is 23.5 Å². The zero-order valence-electron chi connectivity index (χ0n) is 10.6. The van der Waals surface area contributed by atoms with E-state index in [0.717, 1.165) is 0 Å². The second-order valence-electron chi connectivity index (χ2n) is 5.00. The van der Waals surface area contributed by atoms with Gasteiger partial charge in [0.1, 0.15) is 0 Å². The van der Waals surface area contributed by atoms with Crippen molar-refractivity contribution in [2.45, 2.75) is 33.6 Å². The van der Waals surface area contributed by atoms with Crippen LogP contribution in [0.5, 0.6) is 0 Å². The van der Waals surface area contributed by atoms with E-state index in [9.17, 15) is 0 Å². The van der Waals surface area contributed by atoms with E-state index in [2.05, 4.69) is 74.5 Å². The summed E-state index contributed by atoms with van der Waals surface area (Å²) in [6, 6.07) is 21.6. The summed E-state index contributed by atoms with van der Waals surface area (Å²) in [5, 5.41) is 0. The van der Waals surface area contributed by atoms with E-state index in [4.69, 9.17) is 0 Å². The molecular formula is C18H24. The van der Waals surface area contributed by atoms with Crippen molar-refractivity contribution in [2.75, 3.05) is 0 Å². The van der Waals surface area contributed by atoms with Gasteiger partial charge in [0.15, 0.2) is 0 Å². The van der Waals surface area contributed by atoms with E-state index in [1.54, 1.807) is 0 Å². The molecule has 2 aromatic carbocycles. The minimum Gasteiger partial charge on any atom is -0.0776 e. The van der Waals surface area contributed by atoms with E-state index in [1.807, 2.05) is 0 Å². The maximum absolute atomic E-state index is 2.29. The van der Waals surface area contributed by atoms with Crippen LogP contribution in [0.1, 0.15) is 44.7 Å². The van der Waals surface area contributed by atoms with E-state index in [-0.39, 0.29) is 7.43 Å². The molecule has 0 spiro atoms. The molecule has 2 rings (SSSR count). The first kappa shape index (κ1) is 14.5. The van der Waals surface area contributed by atoms with Crippen LogP contribution in [0.4, 0.5) is 0 Å². The molecule has 0 radical (unpaired) electrons. The topological polar surface area (TPSA) is 0 Å². The second-order valence-corrected chi connectivity index (χ2v) is 5.00. The van der Waals surface area contributed by atoms with Gasteiger partial charge in [-0.1, -0.05) is 81.9 Å². The molecule has 0 N–H and O–H groups in total. The molecule has 0 fully saturated rings. The van der Waals surface area contributed by atoms with Crippen LogP contribution >= 0.6 is 0 Å². The van der Waals surface area contributed by atoms with Crippen LogP contribution in [-0.4, -0.2) is 0 Å². The second kappa shape index (κ2) is 7.00. The fourth-order valence-electron chi connectivity index (χ4n) is 2.31. The third-order valence-electron chi connectivity index (χ3n) is 3.11. The Morgan fingerprint density at radius 3 is 1.44 bits per heavy atom. The van der Waals surface area contributed by atoms with E-state index < -0.39 is 0 Å². The first-order valence-corrected chi connectivity index (χ1v) is 6.37. The summed E-state index contributed by atoms with van der Waals surface area (Å²) in [6.45, 7) is 4.58. The van der Waals surface area contributed by atoms with Crippen molar-refractivity contribution in [3.8, 4) is 0 Å². The molecule has 18 heavy (non-hydrogen) atoms. The monoisotopic (exact) mass is 240 g/mol. The Balaban J connectivity index is 0.00000162. The van der Waals surface area contributed by atoms with Crippen molar-refractivity contribution in [1.82, 2.24) is 0 Å². The lowest BCUT2D eigenvalue weighted by molar-refractivity contribution is 0.541. The Morgan fingerprint density at radius 2 is 1.11 bits per heavy atom. The Morgan fingerprint density at radius 1 is 0.722 bits per heavy atom. The van der Waals surface area contributed by atoms with Gasteiger partial charge in [0, 0.05) is 5.92 Å². The van der Waals surface area contributed by atoms with Crippen LogP contribution in [0.15, 0.2) is 60.7 Å². The van der Waals surface area contributed by atoms with Gasteiger partial charge in [-0.2, -0.15) is 0 Å². The molecule has 0 saturated carbocycles. The molecule has 0 saturated heterocycles. The van der Waals surface area contributed by atoms with Crippen LogP contribution in [0, 0.1) is 5.92 Å². The first-order valence-electron chi connectivity index (χ1n) is 6.37. The summed E-state index contributed by atoms with van der Waals surface area (Å²) >= 11 is 0. The Labute approximate surface area is 112 Å². The lowest BCUT2D eigenvalue weighted by atomic mass is 9.85. The van der Waals surface area contributed by atoms with Gasteiger partial charge < -0.3 is 0 Å². The third kappa shape index (κ3) is 3.73. The average Bonchev–Trinajstić information content (AvgIpc) is 2.38. The van der Waals surface area contributed by atoms with Crippen molar-refractivity contribution < 1.29 is 0 Å². The highest BCUT2D eigenvalue weighted by atomic mass is 14.2. The molecule has 0 unspecified atom stereocenters. The van der Waals surface area contributed by atoms with Gasteiger partial charge in [-0.3, -0.25) is 0 Å². The highest BCUT2D eigenvalue weighted by Crippen LogP contribution is 2.30. The largest absolute Gasteiger partial charge is 0.0776 e. The highest BCUT2D eigenvalue weighted by Gasteiger charge is 2.14. The summed E-state index contributed by atoms with van der Waals surface area (Å²) in [5.41, 5.74) is 2.85. The first-order chi connectivity index (χ1) is 8.27. The summed E-state index contributed by atoms with van der Waals surface area (Å²) in [4.78, 5) is 0. The molecule has 0 aromatic heterocycles. The Hall–Kier alpha value is -1.56. The fourth-order valence-corrected chi connectivity index (χ4v) is 2.31. The molecule has 0 aliphatic carbocycles. The predicted octanol–water partition coefficient (Wildman–Crippen LogP) is 5.50. The zero-order valence-corrected chi connectivity index (χ0v) is 10.6. The Bertz CT molecular complexity index is 389. The summed E-state index contributed by atoms with van der Waals surface area (Å²) in [5.74, 6) is 1.23. The average molecular weight is 240 g/mol. The molecule has 0 heteroatoms. The highest BCUT2D eigenvalue weighted by molar-refractivity contribution is 5.32. The SMILES string of the molecule is C.CC(C)CC(c1ccccc1)c1ccccc1. The molecule has 96 valence electrons. The molecule has 0 amide bonds. The third-order valence-corrected chi connectivity index (χ3v) is 3.11. The van der Waals surface area contributed by atoms with Crippen LogP contribution in [0.2, 0.25) is 0 Å². The van der Waals surface area contributed by atoms with Crippen LogP contribution in [0.25, 0.3) is 0 Å². The number of benzene rings is 2. The van der Waals surface area contributed by atoms with Crippen LogP contribution < -0.4 is 0 Å². The van der Waals surface area contributed by atoms with Gasteiger partial charge in [0.2, 0.25) is 0 Å². The number of hydrogen-bond acceptors (Lipinski definition) is 0. The van der Waals surface area contributed by atoms with Crippen molar-refractivity contribution in [3.63, 3.8) is 0 Å². The van der Waals surface area contributed by atoms with Crippen LogP contribution in [0.3, 0.4) is 0 Å². The predicted molar refractivity (Wildman–Crippen MR) is 80.9 cm³/mol. The lowest BCUT2D eigenvalue weighted by Crippen LogP contribution is -2.04. The van der Waals surface area contributed by atoms with E-state index >= 15 is 0 Å². The number of hydrogen-bond donors (Lipinski definition) is 0. The molecule has 0 bridgehead atoms. The van der Waals surface area contributed by atoms with Crippen molar-refractivity contribution in [1.29, 1.82) is 0 Å². The summed E-state index contributed by atoms with van der Waals surface area (Å²) < 4.78 is 0. The smallest absolute Gasteiger partial charge is 0.00917 e. The van der Waals surface area contributed by atoms with Gasteiger partial charge in [0.25, 0.3) is 0 Å². The molecule has 0 atom stereocenters. The van der Waals surface area contributed by atoms with E-state index in [0.29, 0.717) is 11.8 Å². The van der Waals surface area contributed by atoms with Gasteiger partial charge in [-0.15, -0.1) is 0 Å². The quantitative estimate of drug-likeness (QED) is 0.662. The van der Waals surface area contributed by atoms with Crippen molar-refractivity contribution >= 4 is 0 Å². The van der Waals surface area contributed by atoms with Gasteiger partial charge in [0.05, 0.1) is 0 Å². The van der Waals surface area contributed by atoms with E-state index in [1.165, 1.54) is 17.5 Å². The molecule has 0 heterocycles. The summed E-state index contributed by atoms with van der Waals surface area (Å²) in [7, 11) is 0.